The quantitative estimate of drug-likeness (QED) is 0.915. The molecule has 1 amide bonds. The molecule has 0 aliphatic carbocycles. The van der Waals surface area contributed by atoms with Gasteiger partial charge in [0.15, 0.2) is 0 Å². The smallest absolute Gasteiger partial charge is 0.270 e. The van der Waals surface area contributed by atoms with Crippen molar-refractivity contribution in [2.45, 2.75) is 40.2 Å². The average Bonchev–Trinajstić information content (AvgIpc) is 2.51. The van der Waals surface area contributed by atoms with Crippen molar-refractivity contribution in [3.63, 3.8) is 0 Å². The molecule has 0 saturated heterocycles. The molecule has 0 bridgehead atoms. The highest BCUT2D eigenvalue weighted by molar-refractivity contribution is 5.96. The lowest BCUT2D eigenvalue weighted by Crippen LogP contribution is -2.34. The van der Waals surface area contributed by atoms with E-state index in [1.165, 1.54) is 16.7 Å². The van der Waals surface area contributed by atoms with Crippen LogP contribution in [-0.4, -0.2) is 22.4 Å². The molecule has 0 fully saturated rings. The number of hydrogen-bond donors (Lipinski definition) is 2. The predicted octanol–water partition coefficient (Wildman–Crippen LogP) is 2.86. The Bertz CT molecular complexity index is 770. The Labute approximate surface area is 136 Å². The van der Waals surface area contributed by atoms with E-state index < -0.39 is 0 Å². The summed E-state index contributed by atoms with van der Waals surface area (Å²) in [6.07, 6.45) is 0.753. The average molecular weight is 310 g/mol. The highest BCUT2D eigenvalue weighted by atomic mass is 16.1. The molecule has 0 spiro atoms. The molecule has 1 atom stereocenters. The van der Waals surface area contributed by atoms with Crippen LogP contribution in [0, 0.1) is 20.8 Å². The molecule has 3 rings (SSSR count). The number of nitrogens with one attached hydrogen (secondary N) is 2. The third-order valence-electron chi connectivity index (χ3n) is 4.38. The minimum Gasteiger partial charge on any atom is -0.363 e. The first-order chi connectivity index (χ1) is 11.0. The normalized spacial score (nSPS) is 14.9. The molecule has 23 heavy (non-hydrogen) atoms. The molecular formula is C18H22N4O. The fourth-order valence-corrected chi connectivity index (χ4v) is 2.85. The van der Waals surface area contributed by atoms with E-state index in [0.29, 0.717) is 18.1 Å². The molecule has 5 heteroatoms. The lowest BCUT2D eigenvalue weighted by molar-refractivity contribution is 0.0940. The minimum absolute atomic E-state index is 0.109. The van der Waals surface area contributed by atoms with Crippen LogP contribution < -0.4 is 10.6 Å². The minimum atomic E-state index is -0.112. The van der Waals surface area contributed by atoms with E-state index in [4.69, 9.17) is 0 Å². The van der Waals surface area contributed by atoms with Crippen LogP contribution in [0.5, 0.6) is 0 Å². The van der Waals surface area contributed by atoms with E-state index in [2.05, 4.69) is 59.6 Å². The lowest BCUT2D eigenvalue weighted by atomic mass is 10.0. The zero-order chi connectivity index (χ0) is 16.6. The van der Waals surface area contributed by atoms with E-state index in [0.717, 1.165) is 17.8 Å². The number of aromatic nitrogens is 2. The number of amides is 1. The first kappa shape index (κ1) is 15.5. The molecule has 5 nitrogen and oxygen atoms in total. The molecule has 1 unspecified atom stereocenters. The Hall–Kier alpha value is -2.43. The topological polar surface area (TPSA) is 66.9 Å². The Morgan fingerprint density at radius 1 is 1.17 bits per heavy atom. The van der Waals surface area contributed by atoms with Gasteiger partial charge in [0.25, 0.3) is 5.91 Å². The molecule has 1 aromatic heterocycles. The molecule has 120 valence electrons. The SMILES string of the molecule is Cc1nc(NC(C)c2ccc(C)c(C)c2)c2c(n1)C(=O)NCC2. The van der Waals surface area contributed by atoms with Gasteiger partial charge >= 0.3 is 0 Å². The van der Waals surface area contributed by atoms with Crippen LogP contribution in [0.3, 0.4) is 0 Å². The lowest BCUT2D eigenvalue weighted by Gasteiger charge is -2.22. The van der Waals surface area contributed by atoms with E-state index in [1.807, 2.05) is 6.92 Å². The number of nitrogens with zero attached hydrogens (tertiary/aromatic N) is 2. The summed E-state index contributed by atoms with van der Waals surface area (Å²) in [6.45, 7) is 8.78. The molecular weight excluding hydrogens is 288 g/mol. The summed E-state index contributed by atoms with van der Waals surface area (Å²) in [6, 6.07) is 6.57. The van der Waals surface area contributed by atoms with Gasteiger partial charge in [0.1, 0.15) is 17.3 Å². The number of anilines is 1. The summed E-state index contributed by atoms with van der Waals surface area (Å²) in [7, 11) is 0. The van der Waals surface area contributed by atoms with E-state index in [-0.39, 0.29) is 11.9 Å². The van der Waals surface area contributed by atoms with Gasteiger partial charge in [-0.1, -0.05) is 18.2 Å². The van der Waals surface area contributed by atoms with Crippen molar-refractivity contribution in [3.05, 3.63) is 52.0 Å². The van der Waals surface area contributed by atoms with Crippen molar-refractivity contribution >= 4 is 11.7 Å². The highest BCUT2D eigenvalue weighted by Crippen LogP contribution is 2.25. The van der Waals surface area contributed by atoms with Crippen molar-refractivity contribution in [2.24, 2.45) is 0 Å². The molecule has 0 saturated carbocycles. The van der Waals surface area contributed by atoms with Gasteiger partial charge in [0.05, 0.1) is 0 Å². The molecule has 1 aliphatic heterocycles. The van der Waals surface area contributed by atoms with Gasteiger partial charge in [0.2, 0.25) is 0 Å². The number of carbonyl (C=O) groups excluding carboxylic acids is 1. The Balaban J connectivity index is 1.93. The summed E-state index contributed by atoms with van der Waals surface area (Å²) in [4.78, 5) is 20.8. The second-order valence-corrected chi connectivity index (χ2v) is 6.16. The fourth-order valence-electron chi connectivity index (χ4n) is 2.85. The standard InChI is InChI=1S/C18H22N4O/c1-10-5-6-14(9-11(10)2)12(3)20-17-15-7-8-19-18(23)16(15)21-13(4)22-17/h5-6,9,12H,7-8H2,1-4H3,(H,19,23)(H,20,21,22). The van der Waals surface area contributed by atoms with Gasteiger partial charge in [-0.15, -0.1) is 0 Å². The van der Waals surface area contributed by atoms with Crippen molar-refractivity contribution in [2.75, 3.05) is 11.9 Å². The number of benzene rings is 1. The van der Waals surface area contributed by atoms with Gasteiger partial charge in [-0.05, 0) is 50.8 Å². The molecule has 1 aliphatic rings. The zero-order valence-electron chi connectivity index (χ0n) is 14.0. The van der Waals surface area contributed by atoms with Crippen LogP contribution in [0.1, 0.15) is 51.5 Å². The van der Waals surface area contributed by atoms with Crippen LogP contribution >= 0.6 is 0 Å². The van der Waals surface area contributed by atoms with Crippen molar-refractivity contribution in [1.29, 1.82) is 0 Å². The summed E-state index contributed by atoms with van der Waals surface area (Å²) in [5.74, 6) is 1.27. The Morgan fingerprint density at radius 2 is 1.96 bits per heavy atom. The maximum absolute atomic E-state index is 12.0. The maximum Gasteiger partial charge on any atom is 0.270 e. The molecule has 2 heterocycles. The summed E-state index contributed by atoms with van der Waals surface area (Å²) in [5, 5.41) is 6.30. The zero-order valence-corrected chi connectivity index (χ0v) is 14.0. The van der Waals surface area contributed by atoms with Gasteiger partial charge in [-0.3, -0.25) is 4.79 Å². The third-order valence-corrected chi connectivity index (χ3v) is 4.38. The van der Waals surface area contributed by atoms with Crippen LogP contribution in [0.4, 0.5) is 5.82 Å². The molecule has 0 radical (unpaired) electrons. The van der Waals surface area contributed by atoms with E-state index in [9.17, 15) is 4.79 Å². The highest BCUT2D eigenvalue weighted by Gasteiger charge is 2.23. The van der Waals surface area contributed by atoms with Crippen LogP contribution in [0.2, 0.25) is 0 Å². The van der Waals surface area contributed by atoms with Gasteiger partial charge < -0.3 is 10.6 Å². The monoisotopic (exact) mass is 310 g/mol. The molecule has 2 aromatic rings. The van der Waals surface area contributed by atoms with E-state index >= 15 is 0 Å². The number of rotatable bonds is 3. The van der Waals surface area contributed by atoms with Crippen molar-refractivity contribution < 1.29 is 4.79 Å². The predicted molar refractivity (Wildman–Crippen MR) is 90.8 cm³/mol. The Kier molecular flexibility index (Phi) is 4.03. The molecule has 2 N–H and O–H groups in total. The van der Waals surface area contributed by atoms with Gasteiger partial charge in [-0.25, -0.2) is 9.97 Å². The number of carbonyl (C=O) groups is 1. The first-order valence-electron chi connectivity index (χ1n) is 7.95. The second-order valence-electron chi connectivity index (χ2n) is 6.16. The van der Waals surface area contributed by atoms with Gasteiger partial charge in [-0.2, -0.15) is 0 Å². The van der Waals surface area contributed by atoms with E-state index in [1.54, 1.807) is 0 Å². The number of fused-ring (bicyclic) bond motifs is 1. The number of hydrogen-bond acceptors (Lipinski definition) is 4. The van der Waals surface area contributed by atoms with Crippen LogP contribution in [-0.2, 0) is 6.42 Å². The number of aryl methyl sites for hydroxylation is 3. The van der Waals surface area contributed by atoms with Gasteiger partial charge in [0, 0.05) is 18.2 Å². The maximum atomic E-state index is 12.0. The fraction of sp³-hybridized carbons (Fsp3) is 0.389. The Morgan fingerprint density at radius 3 is 2.70 bits per heavy atom. The molecule has 1 aromatic carbocycles. The van der Waals surface area contributed by atoms with Crippen LogP contribution in [0.15, 0.2) is 18.2 Å². The van der Waals surface area contributed by atoms with Crippen LogP contribution in [0.25, 0.3) is 0 Å². The first-order valence-corrected chi connectivity index (χ1v) is 7.95. The second kappa shape index (κ2) is 5.99. The van der Waals surface area contributed by atoms with Crippen molar-refractivity contribution in [1.82, 2.24) is 15.3 Å². The summed E-state index contributed by atoms with van der Waals surface area (Å²) in [5.41, 5.74) is 5.18. The largest absolute Gasteiger partial charge is 0.363 e. The summed E-state index contributed by atoms with van der Waals surface area (Å²) >= 11 is 0. The van der Waals surface area contributed by atoms with Crippen molar-refractivity contribution in [3.8, 4) is 0 Å². The summed E-state index contributed by atoms with van der Waals surface area (Å²) < 4.78 is 0. The third kappa shape index (κ3) is 3.04.